The highest BCUT2D eigenvalue weighted by molar-refractivity contribution is 9.10. The van der Waals surface area contributed by atoms with Crippen LogP contribution in [0.4, 0.5) is 0 Å². The molecule has 3 atom stereocenters. The van der Waals surface area contributed by atoms with E-state index < -0.39 is 5.72 Å². The van der Waals surface area contributed by atoms with Crippen molar-refractivity contribution in [1.29, 1.82) is 0 Å². The van der Waals surface area contributed by atoms with Crippen LogP contribution in [0.5, 0.6) is 11.5 Å². The van der Waals surface area contributed by atoms with Crippen LogP contribution in [0.2, 0.25) is 0 Å². The average molecular weight is 343 g/mol. The summed E-state index contributed by atoms with van der Waals surface area (Å²) in [5.41, 5.74) is 0.557. The maximum Gasteiger partial charge on any atom is 0.184 e. The van der Waals surface area contributed by atoms with Gasteiger partial charge in [-0.1, -0.05) is 22.9 Å². The van der Waals surface area contributed by atoms with Crippen molar-refractivity contribution in [3.63, 3.8) is 0 Å². The van der Waals surface area contributed by atoms with Crippen molar-refractivity contribution in [2.45, 2.75) is 25.6 Å². The molecule has 0 aliphatic carbocycles. The van der Waals surface area contributed by atoms with Crippen molar-refractivity contribution >= 4 is 33.3 Å². The standard InChI is InChI=1S/C13H15BrN2O2S/c1-6-10-8-4-7(14)5-9(17-3)11(8)18-13(6,2)16-12(19)15-10/h4-6,10H,1-3H3,(H2,15,16,19). The van der Waals surface area contributed by atoms with Crippen LogP contribution in [-0.4, -0.2) is 17.9 Å². The van der Waals surface area contributed by atoms with Gasteiger partial charge < -0.3 is 20.1 Å². The number of benzene rings is 1. The van der Waals surface area contributed by atoms with E-state index in [1.54, 1.807) is 7.11 Å². The Hall–Kier alpha value is -1.01. The normalized spacial score (nSPS) is 31.7. The number of hydrogen-bond donors (Lipinski definition) is 2. The summed E-state index contributed by atoms with van der Waals surface area (Å²) in [6, 6.07) is 4.08. The average Bonchev–Trinajstić information content (AvgIpc) is 2.33. The van der Waals surface area contributed by atoms with Crippen molar-refractivity contribution in [2.75, 3.05) is 7.11 Å². The van der Waals surface area contributed by atoms with Gasteiger partial charge >= 0.3 is 0 Å². The summed E-state index contributed by atoms with van der Waals surface area (Å²) in [6.07, 6.45) is 0. The molecule has 2 aliphatic heterocycles. The number of hydrogen-bond acceptors (Lipinski definition) is 3. The monoisotopic (exact) mass is 342 g/mol. The van der Waals surface area contributed by atoms with Crippen LogP contribution in [0.25, 0.3) is 0 Å². The van der Waals surface area contributed by atoms with Gasteiger partial charge in [0.05, 0.1) is 13.2 Å². The Labute approximate surface area is 126 Å². The van der Waals surface area contributed by atoms with E-state index in [0.29, 0.717) is 5.11 Å². The molecular formula is C13H15BrN2O2S. The third kappa shape index (κ3) is 1.89. The van der Waals surface area contributed by atoms with Gasteiger partial charge in [-0.05, 0) is 31.3 Å². The van der Waals surface area contributed by atoms with Crippen LogP contribution in [0.15, 0.2) is 16.6 Å². The molecule has 19 heavy (non-hydrogen) atoms. The topological polar surface area (TPSA) is 42.5 Å². The van der Waals surface area contributed by atoms with E-state index in [2.05, 4.69) is 39.6 Å². The van der Waals surface area contributed by atoms with Crippen molar-refractivity contribution in [1.82, 2.24) is 10.6 Å². The molecule has 2 heterocycles. The van der Waals surface area contributed by atoms with Crippen LogP contribution in [0.1, 0.15) is 25.5 Å². The van der Waals surface area contributed by atoms with E-state index in [0.717, 1.165) is 21.5 Å². The fourth-order valence-corrected chi connectivity index (χ4v) is 3.50. The largest absolute Gasteiger partial charge is 0.493 e. The van der Waals surface area contributed by atoms with Gasteiger partial charge in [0, 0.05) is 16.0 Å². The zero-order chi connectivity index (χ0) is 13.8. The van der Waals surface area contributed by atoms with Gasteiger partial charge in [-0.15, -0.1) is 0 Å². The second-order valence-electron chi connectivity index (χ2n) is 5.10. The van der Waals surface area contributed by atoms with E-state index >= 15 is 0 Å². The van der Waals surface area contributed by atoms with Gasteiger partial charge in [-0.3, -0.25) is 0 Å². The number of methoxy groups -OCH3 is 1. The first-order valence-corrected chi connectivity index (χ1v) is 7.30. The fraction of sp³-hybridized carbons (Fsp3) is 0.462. The smallest absolute Gasteiger partial charge is 0.184 e. The Balaban J connectivity index is 2.20. The molecule has 1 aromatic carbocycles. The Morgan fingerprint density at radius 2 is 2.21 bits per heavy atom. The summed E-state index contributed by atoms with van der Waals surface area (Å²) >= 11 is 8.77. The molecule has 1 aromatic rings. The molecule has 6 heteroatoms. The van der Waals surface area contributed by atoms with E-state index in [4.69, 9.17) is 21.7 Å². The number of rotatable bonds is 1. The number of thiocarbonyl (C=S) groups is 1. The Kier molecular flexibility index (Phi) is 2.90. The minimum absolute atomic E-state index is 0.119. The predicted molar refractivity (Wildman–Crippen MR) is 80.5 cm³/mol. The number of fused-ring (bicyclic) bond motifs is 4. The summed E-state index contributed by atoms with van der Waals surface area (Å²) in [5.74, 6) is 1.74. The molecular weight excluding hydrogens is 328 g/mol. The molecule has 102 valence electrons. The van der Waals surface area contributed by atoms with Crippen LogP contribution in [-0.2, 0) is 0 Å². The SMILES string of the molecule is COc1cc(Br)cc2c1OC1(C)NC(=S)NC2C1C. The van der Waals surface area contributed by atoms with E-state index in [1.807, 2.05) is 13.0 Å². The molecule has 3 unspecified atom stereocenters. The van der Waals surface area contributed by atoms with E-state index in [9.17, 15) is 0 Å². The van der Waals surface area contributed by atoms with Crippen molar-refractivity contribution in [2.24, 2.45) is 5.92 Å². The van der Waals surface area contributed by atoms with Gasteiger partial charge in [0.2, 0.25) is 0 Å². The quantitative estimate of drug-likeness (QED) is 0.768. The van der Waals surface area contributed by atoms with Gasteiger partial charge in [0.1, 0.15) is 0 Å². The lowest BCUT2D eigenvalue weighted by molar-refractivity contribution is -0.0283. The number of ether oxygens (including phenoxy) is 2. The summed E-state index contributed by atoms with van der Waals surface area (Å²) in [7, 11) is 1.65. The molecule has 0 amide bonds. The Morgan fingerprint density at radius 3 is 2.89 bits per heavy atom. The van der Waals surface area contributed by atoms with Crippen LogP contribution < -0.4 is 20.1 Å². The lowest BCUT2D eigenvalue weighted by atomic mass is 9.82. The fourth-order valence-electron chi connectivity index (χ4n) is 2.72. The molecule has 3 rings (SSSR count). The first kappa shape index (κ1) is 13.0. The van der Waals surface area contributed by atoms with Crippen LogP contribution in [0.3, 0.4) is 0 Å². The van der Waals surface area contributed by atoms with Crippen LogP contribution >= 0.6 is 28.1 Å². The number of nitrogens with one attached hydrogen (secondary N) is 2. The van der Waals surface area contributed by atoms with Gasteiger partial charge in [0.15, 0.2) is 22.3 Å². The first-order valence-electron chi connectivity index (χ1n) is 6.10. The summed E-state index contributed by atoms with van der Waals surface area (Å²) < 4.78 is 12.6. The molecule has 2 bridgehead atoms. The highest BCUT2D eigenvalue weighted by Gasteiger charge is 2.49. The molecule has 0 saturated carbocycles. The molecule has 2 aliphatic rings. The van der Waals surface area contributed by atoms with Crippen molar-refractivity contribution in [3.8, 4) is 11.5 Å². The lowest BCUT2D eigenvalue weighted by Crippen LogP contribution is -2.67. The predicted octanol–water partition coefficient (Wildman–Crippen LogP) is 2.72. The lowest BCUT2D eigenvalue weighted by Gasteiger charge is -2.50. The second-order valence-corrected chi connectivity index (χ2v) is 6.42. The minimum Gasteiger partial charge on any atom is -0.493 e. The molecule has 1 saturated heterocycles. The maximum absolute atomic E-state index is 6.17. The highest BCUT2D eigenvalue weighted by Crippen LogP contribution is 2.49. The van der Waals surface area contributed by atoms with Crippen molar-refractivity contribution in [3.05, 3.63) is 22.2 Å². The third-order valence-electron chi connectivity index (χ3n) is 3.93. The van der Waals surface area contributed by atoms with Gasteiger partial charge in [-0.2, -0.15) is 0 Å². The van der Waals surface area contributed by atoms with E-state index in [-0.39, 0.29) is 12.0 Å². The Morgan fingerprint density at radius 1 is 1.47 bits per heavy atom. The third-order valence-corrected chi connectivity index (χ3v) is 4.61. The molecule has 0 spiro atoms. The highest BCUT2D eigenvalue weighted by atomic mass is 79.9. The van der Waals surface area contributed by atoms with Crippen LogP contribution in [0, 0.1) is 5.92 Å². The molecule has 0 aromatic heterocycles. The molecule has 0 radical (unpaired) electrons. The van der Waals surface area contributed by atoms with Gasteiger partial charge in [-0.25, -0.2) is 0 Å². The zero-order valence-corrected chi connectivity index (χ0v) is 13.3. The number of halogens is 1. The Bertz CT molecular complexity index is 566. The molecule has 4 nitrogen and oxygen atoms in total. The summed E-state index contributed by atoms with van der Waals surface area (Å²) in [4.78, 5) is 0. The summed E-state index contributed by atoms with van der Waals surface area (Å²) in [6.45, 7) is 4.16. The maximum atomic E-state index is 6.17. The second kappa shape index (κ2) is 4.24. The first-order chi connectivity index (χ1) is 8.94. The van der Waals surface area contributed by atoms with E-state index in [1.165, 1.54) is 0 Å². The minimum atomic E-state index is -0.513. The summed E-state index contributed by atoms with van der Waals surface area (Å²) in [5, 5.41) is 7.15. The van der Waals surface area contributed by atoms with Crippen molar-refractivity contribution < 1.29 is 9.47 Å². The van der Waals surface area contributed by atoms with Gasteiger partial charge in [0.25, 0.3) is 0 Å². The molecule has 1 fully saturated rings. The zero-order valence-electron chi connectivity index (χ0n) is 10.9. The molecule has 2 N–H and O–H groups in total.